The van der Waals surface area contributed by atoms with Gasteiger partial charge in [-0.1, -0.05) is 12.2 Å². The lowest BCUT2D eigenvalue weighted by atomic mass is 10.3. The van der Waals surface area contributed by atoms with E-state index in [-0.39, 0.29) is 0 Å². The van der Waals surface area contributed by atoms with Crippen LogP contribution in [0.5, 0.6) is 0 Å². The highest BCUT2D eigenvalue weighted by Crippen LogP contribution is 1.97. The van der Waals surface area contributed by atoms with Gasteiger partial charge in [0.15, 0.2) is 0 Å². The zero-order valence-corrected chi connectivity index (χ0v) is 4.70. The first-order valence-corrected chi connectivity index (χ1v) is 2.61. The summed E-state index contributed by atoms with van der Waals surface area (Å²) in [7, 11) is 0. The van der Waals surface area contributed by atoms with Crippen LogP contribution in [0.4, 0.5) is 0 Å². The average molecular weight is 114 g/mol. The Labute approximate surface area is 48.0 Å². The van der Waals surface area contributed by atoms with Crippen molar-refractivity contribution in [2.24, 2.45) is 0 Å². The summed E-state index contributed by atoms with van der Waals surface area (Å²) < 4.78 is 4.87. The highest BCUT2D eigenvalue weighted by molar-refractivity contribution is 7.80. The van der Waals surface area contributed by atoms with E-state index in [9.17, 15) is 0 Å². The van der Waals surface area contributed by atoms with E-state index in [1.54, 1.807) is 6.26 Å². The second-order valence-electron chi connectivity index (χ2n) is 1.39. The van der Waals surface area contributed by atoms with E-state index in [0.29, 0.717) is 0 Å². The molecule has 0 spiro atoms. The fourth-order valence-electron chi connectivity index (χ4n) is 0.435. The maximum Gasteiger partial charge on any atom is 0.0921 e. The zero-order valence-electron chi connectivity index (χ0n) is 3.89. The standard InChI is InChI=1S/C5H6OS/c7-5-1-3-6-4-2-5/h1,3H,2,4H2. The van der Waals surface area contributed by atoms with E-state index in [2.05, 4.69) is 0 Å². The minimum atomic E-state index is 0.759. The van der Waals surface area contributed by atoms with Gasteiger partial charge >= 0.3 is 0 Å². The quantitative estimate of drug-likeness (QED) is 0.439. The Hall–Kier alpha value is -0.370. The van der Waals surface area contributed by atoms with Crippen LogP contribution in [-0.4, -0.2) is 11.5 Å². The van der Waals surface area contributed by atoms with Crippen LogP contribution in [0.3, 0.4) is 0 Å². The summed E-state index contributed by atoms with van der Waals surface area (Å²) in [5, 5.41) is 0. The van der Waals surface area contributed by atoms with E-state index in [4.69, 9.17) is 17.0 Å². The van der Waals surface area contributed by atoms with Crippen LogP contribution in [0.25, 0.3) is 0 Å². The van der Waals surface area contributed by atoms with Crippen molar-refractivity contribution in [2.45, 2.75) is 6.42 Å². The predicted molar refractivity (Wildman–Crippen MR) is 32.3 cm³/mol. The van der Waals surface area contributed by atoms with E-state index >= 15 is 0 Å². The summed E-state index contributed by atoms with van der Waals surface area (Å²) in [6.07, 6.45) is 4.37. The molecule has 1 heterocycles. The van der Waals surface area contributed by atoms with Crippen molar-refractivity contribution in [3.05, 3.63) is 12.3 Å². The van der Waals surface area contributed by atoms with Gasteiger partial charge in [-0.05, 0) is 6.08 Å². The maximum absolute atomic E-state index is 4.87. The van der Waals surface area contributed by atoms with Crippen molar-refractivity contribution >= 4 is 17.1 Å². The van der Waals surface area contributed by atoms with Gasteiger partial charge < -0.3 is 4.74 Å². The maximum atomic E-state index is 4.87. The Morgan fingerprint density at radius 2 is 2.57 bits per heavy atom. The lowest BCUT2D eigenvalue weighted by molar-refractivity contribution is 0.255. The van der Waals surface area contributed by atoms with E-state index < -0.39 is 0 Å². The normalized spacial score (nSPS) is 19.1. The number of rotatable bonds is 0. The second-order valence-corrected chi connectivity index (χ2v) is 1.91. The SMILES string of the molecule is S=C1C=COCC1. The van der Waals surface area contributed by atoms with Gasteiger partial charge in [-0.2, -0.15) is 0 Å². The molecule has 0 amide bonds. The van der Waals surface area contributed by atoms with Crippen molar-refractivity contribution in [1.29, 1.82) is 0 Å². The first kappa shape index (κ1) is 4.78. The first-order chi connectivity index (χ1) is 3.39. The Balaban J connectivity index is 2.51. The number of thiocarbonyl (C=S) groups is 1. The Bertz CT molecular complexity index is 107. The molecule has 38 valence electrons. The number of hydrogen-bond acceptors (Lipinski definition) is 2. The lowest BCUT2D eigenvalue weighted by Gasteiger charge is -2.03. The highest BCUT2D eigenvalue weighted by atomic mass is 32.1. The third-order valence-electron chi connectivity index (χ3n) is 0.816. The van der Waals surface area contributed by atoms with Crippen LogP contribution in [0.2, 0.25) is 0 Å². The average Bonchev–Trinajstić information content (AvgIpc) is 1.69. The molecule has 0 aromatic heterocycles. The van der Waals surface area contributed by atoms with Gasteiger partial charge in [-0.15, -0.1) is 0 Å². The molecule has 1 aliphatic rings. The molecule has 0 radical (unpaired) electrons. The van der Waals surface area contributed by atoms with Crippen LogP contribution in [-0.2, 0) is 4.74 Å². The monoisotopic (exact) mass is 114 g/mol. The summed E-state index contributed by atoms with van der Waals surface area (Å²) in [5.41, 5.74) is 0. The third-order valence-corrected chi connectivity index (χ3v) is 1.16. The molecule has 0 unspecified atom stereocenters. The fraction of sp³-hybridized carbons (Fsp3) is 0.400. The van der Waals surface area contributed by atoms with Gasteiger partial charge in [0.2, 0.25) is 0 Å². The number of ether oxygens (including phenoxy) is 1. The van der Waals surface area contributed by atoms with Crippen molar-refractivity contribution in [2.75, 3.05) is 6.61 Å². The molecule has 0 aliphatic carbocycles. The predicted octanol–water partition coefficient (Wildman–Crippen LogP) is 1.29. The molecule has 0 atom stereocenters. The summed E-state index contributed by atoms with van der Waals surface area (Å²) in [6, 6.07) is 0. The first-order valence-electron chi connectivity index (χ1n) is 2.20. The van der Waals surface area contributed by atoms with Crippen molar-refractivity contribution in [3.63, 3.8) is 0 Å². The molecule has 0 bridgehead atoms. The van der Waals surface area contributed by atoms with E-state index in [0.717, 1.165) is 17.9 Å². The van der Waals surface area contributed by atoms with Crippen LogP contribution < -0.4 is 0 Å². The number of allylic oxidation sites excluding steroid dienone is 1. The molecule has 0 aromatic carbocycles. The van der Waals surface area contributed by atoms with Crippen molar-refractivity contribution < 1.29 is 4.74 Å². The van der Waals surface area contributed by atoms with E-state index in [1.165, 1.54) is 0 Å². The van der Waals surface area contributed by atoms with Crippen LogP contribution in [0.15, 0.2) is 12.3 Å². The molecule has 0 aromatic rings. The molecule has 1 nitrogen and oxygen atoms in total. The smallest absolute Gasteiger partial charge is 0.0921 e. The van der Waals surface area contributed by atoms with Gasteiger partial charge in [0.25, 0.3) is 0 Å². The molecule has 0 saturated carbocycles. The second kappa shape index (κ2) is 2.07. The molecular formula is C5H6OS. The minimum Gasteiger partial charge on any atom is -0.501 e. The molecule has 1 rings (SSSR count). The summed E-state index contributed by atoms with van der Waals surface area (Å²) in [4.78, 5) is 0.992. The topological polar surface area (TPSA) is 9.23 Å². The van der Waals surface area contributed by atoms with Crippen LogP contribution in [0, 0.1) is 0 Å². The molecule has 0 saturated heterocycles. The number of hydrogen-bond donors (Lipinski definition) is 0. The van der Waals surface area contributed by atoms with Gasteiger partial charge in [0, 0.05) is 11.3 Å². The minimum absolute atomic E-state index is 0.759. The lowest BCUT2D eigenvalue weighted by Crippen LogP contribution is -2.01. The van der Waals surface area contributed by atoms with Gasteiger partial charge in [0.05, 0.1) is 12.9 Å². The van der Waals surface area contributed by atoms with Gasteiger partial charge in [-0.3, -0.25) is 0 Å². The molecule has 2 heteroatoms. The largest absolute Gasteiger partial charge is 0.501 e. The van der Waals surface area contributed by atoms with E-state index in [1.807, 2.05) is 6.08 Å². The van der Waals surface area contributed by atoms with Gasteiger partial charge in [-0.25, -0.2) is 0 Å². The zero-order chi connectivity index (χ0) is 5.11. The van der Waals surface area contributed by atoms with Gasteiger partial charge in [0.1, 0.15) is 0 Å². The molecule has 1 aliphatic heterocycles. The Kier molecular flexibility index (Phi) is 1.42. The summed E-state index contributed by atoms with van der Waals surface area (Å²) >= 11 is 4.84. The van der Waals surface area contributed by atoms with Crippen LogP contribution in [0.1, 0.15) is 6.42 Å². The molecule has 7 heavy (non-hydrogen) atoms. The fourth-order valence-corrected chi connectivity index (χ4v) is 0.574. The molecular weight excluding hydrogens is 108 g/mol. The molecule has 0 N–H and O–H groups in total. The third kappa shape index (κ3) is 1.27. The summed E-state index contributed by atoms with van der Waals surface area (Å²) in [5.74, 6) is 0. The Morgan fingerprint density at radius 3 is 2.86 bits per heavy atom. The van der Waals surface area contributed by atoms with Crippen molar-refractivity contribution in [3.8, 4) is 0 Å². The highest BCUT2D eigenvalue weighted by Gasteiger charge is 1.94. The van der Waals surface area contributed by atoms with Crippen molar-refractivity contribution in [1.82, 2.24) is 0 Å². The van der Waals surface area contributed by atoms with Crippen LogP contribution >= 0.6 is 12.2 Å². The Morgan fingerprint density at radius 1 is 1.71 bits per heavy atom. The molecule has 0 fully saturated rings. The summed E-state index contributed by atoms with van der Waals surface area (Å²) in [6.45, 7) is 0.759.